The average molecular weight is 294 g/mol. The molecule has 0 bridgehead atoms. The van der Waals surface area contributed by atoms with E-state index in [4.69, 9.17) is 16.3 Å². The van der Waals surface area contributed by atoms with E-state index in [9.17, 15) is 4.79 Å². The molecule has 1 heterocycles. The van der Waals surface area contributed by atoms with Crippen LogP contribution in [0.15, 0.2) is 42.7 Å². The van der Waals surface area contributed by atoms with Crippen LogP contribution in [0.2, 0.25) is 5.02 Å². The molecule has 1 atom stereocenters. The Morgan fingerprint density at radius 3 is 2.85 bits per heavy atom. The number of carbonyl (C=O) groups excluding carboxylic acids is 1. The lowest BCUT2D eigenvalue weighted by Crippen LogP contribution is -2.35. The minimum absolute atomic E-state index is 0.0970. The number of rotatable bonds is 6. The van der Waals surface area contributed by atoms with Crippen molar-refractivity contribution in [1.29, 1.82) is 0 Å². The molecule has 0 spiro atoms. The number of hydrogen-bond donors (Lipinski definition) is 1. The van der Waals surface area contributed by atoms with Gasteiger partial charge in [0.2, 0.25) is 5.91 Å². The van der Waals surface area contributed by atoms with Crippen molar-refractivity contribution < 1.29 is 9.53 Å². The summed E-state index contributed by atoms with van der Waals surface area (Å²) < 4.78 is 7.23. The van der Waals surface area contributed by atoms with E-state index in [1.54, 1.807) is 47.4 Å². The fourth-order valence-corrected chi connectivity index (χ4v) is 1.77. The number of nitrogens with one attached hydrogen (secondary N) is 1. The van der Waals surface area contributed by atoms with Crippen LogP contribution in [0.1, 0.15) is 6.92 Å². The lowest BCUT2D eigenvalue weighted by Gasteiger charge is -2.15. The molecule has 2 aromatic rings. The summed E-state index contributed by atoms with van der Waals surface area (Å²) in [6.45, 7) is 2.53. The third-order valence-electron chi connectivity index (χ3n) is 2.60. The van der Waals surface area contributed by atoms with Crippen LogP contribution in [0.5, 0.6) is 5.75 Å². The van der Waals surface area contributed by atoms with Crippen LogP contribution in [0.25, 0.3) is 0 Å². The number of amides is 1. The maximum Gasteiger partial charge on any atom is 0.241 e. The van der Waals surface area contributed by atoms with E-state index in [0.29, 0.717) is 11.6 Å². The van der Waals surface area contributed by atoms with Gasteiger partial charge in [-0.05, 0) is 37.3 Å². The molecule has 0 radical (unpaired) electrons. The maximum atomic E-state index is 11.7. The molecule has 1 N–H and O–H groups in total. The highest BCUT2D eigenvalue weighted by atomic mass is 35.5. The fourth-order valence-electron chi connectivity index (χ4n) is 1.64. The Morgan fingerprint density at radius 1 is 1.45 bits per heavy atom. The summed E-state index contributed by atoms with van der Waals surface area (Å²) in [5.41, 5.74) is 0. The highest BCUT2D eigenvalue weighted by Gasteiger charge is 2.07. The molecule has 1 aromatic heterocycles. The first kappa shape index (κ1) is 14.4. The topological polar surface area (TPSA) is 56.2 Å². The van der Waals surface area contributed by atoms with Crippen molar-refractivity contribution >= 4 is 17.5 Å². The zero-order valence-corrected chi connectivity index (χ0v) is 11.9. The van der Waals surface area contributed by atoms with Gasteiger partial charge in [0.25, 0.3) is 0 Å². The lowest BCUT2D eigenvalue weighted by atomic mass is 10.3. The van der Waals surface area contributed by atoms with Gasteiger partial charge in [-0.15, -0.1) is 0 Å². The molecular formula is C14H16ClN3O2. The van der Waals surface area contributed by atoms with E-state index in [1.807, 2.05) is 6.92 Å². The van der Waals surface area contributed by atoms with Gasteiger partial charge in [-0.2, -0.15) is 5.10 Å². The Bertz CT molecular complexity index is 540. The molecule has 0 aliphatic carbocycles. The number of benzene rings is 1. The van der Waals surface area contributed by atoms with Gasteiger partial charge in [-0.25, -0.2) is 0 Å². The zero-order valence-electron chi connectivity index (χ0n) is 11.1. The molecule has 0 saturated heterocycles. The second-order valence-electron chi connectivity index (χ2n) is 4.39. The minimum Gasteiger partial charge on any atom is -0.489 e. The molecule has 2 rings (SSSR count). The molecule has 5 nitrogen and oxygen atoms in total. The Morgan fingerprint density at radius 2 is 2.20 bits per heavy atom. The number of ether oxygens (including phenoxy) is 1. The van der Waals surface area contributed by atoms with Crippen molar-refractivity contribution in [1.82, 2.24) is 15.1 Å². The first-order valence-electron chi connectivity index (χ1n) is 6.30. The van der Waals surface area contributed by atoms with Crippen LogP contribution >= 0.6 is 11.6 Å². The number of hydrogen-bond acceptors (Lipinski definition) is 3. The summed E-state index contributed by atoms with van der Waals surface area (Å²) in [5, 5.41) is 7.44. The number of carbonyl (C=O) groups is 1. The monoisotopic (exact) mass is 293 g/mol. The summed E-state index contributed by atoms with van der Waals surface area (Å²) in [5.74, 6) is 0.628. The van der Waals surface area contributed by atoms with E-state index in [-0.39, 0.29) is 18.6 Å². The first-order valence-corrected chi connectivity index (χ1v) is 6.67. The van der Waals surface area contributed by atoms with Crippen molar-refractivity contribution in [3.05, 3.63) is 47.7 Å². The Labute approximate surface area is 122 Å². The second kappa shape index (κ2) is 6.96. The molecule has 106 valence electrons. The summed E-state index contributed by atoms with van der Waals surface area (Å²) in [7, 11) is 0. The third-order valence-corrected chi connectivity index (χ3v) is 2.85. The van der Waals surface area contributed by atoms with Crippen LogP contribution in [0.3, 0.4) is 0 Å². The molecule has 1 aromatic carbocycles. The average Bonchev–Trinajstić information content (AvgIpc) is 2.92. The van der Waals surface area contributed by atoms with Crippen LogP contribution in [0.4, 0.5) is 0 Å². The second-order valence-corrected chi connectivity index (χ2v) is 4.83. The van der Waals surface area contributed by atoms with Gasteiger partial charge in [0, 0.05) is 17.4 Å². The zero-order chi connectivity index (χ0) is 14.4. The van der Waals surface area contributed by atoms with Gasteiger partial charge >= 0.3 is 0 Å². The van der Waals surface area contributed by atoms with Gasteiger partial charge < -0.3 is 10.1 Å². The summed E-state index contributed by atoms with van der Waals surface area (Å²) in [4.78, 5) is 11.7. The lowest BCUT2D eigenvalue weighted by molar-refractivity contribution is -0.122. The third kappa shape index (κ3) is 4.59. The molecule has 1 amide bonds. The van der Waals surface area contributed by atoms with Crippen molar-refractivity contribution in [2.24, 2.45) is 0 Å². The molecule has 0 saturated carbocycles. The summed E-state index contributed by atoms with van der Waals surface area (Å²) >= 11 is 5.80. The number of halogens is 1. The SMILES string of the molecule is CC(CNC(=O)Cn1cccn1)Oc1ccc(Cl)cc1. The van der Waals surface area contributed by atoms with E-state index >= 15 is 0 Å². The summed E-state index contributed by atoms with van der Waals surface area (Å²) in [6, 6.07) is 8.90. The Hall–Kier alpha value is -2.01. The predicted molar refractivity (Wildman–Crippen MR) is 76.8 cm³/mol. The molecule has 0 aliphatic rings. The van der Waals surface area contributed by atoms with Crippen LogP contribution in [-0.2, 0) is 11.3 Å². The molecule has 0 fully saturated rings. The smallest absolute Gasteiger partial charge is 0.241 e. The Balaban J connectivity index is 1.73. The van der Waals surface area contributed by atoms with E-state index in [1.165, 1.54) is 0 Å². The molecule has 1 unspecified atom stereocenters. The van der Waals surface area contributed by atoms with E-state index in [0.717, 1.165) is 5.75 Å². The quantitative estimate of drug-likeness (QED) is 0.887. The van der Waals surface area contributed by atoms with Crippen LogP contribution in [-0.4, -0.2) is 28.3 Å². The normalized spacial score (nSPS) is 11.9. The van der Waals surface area contributed by atoms with Gasteiger partial charge in [-0.3, -0.25) is 9.48 Å². The van der Waals surface area contributed by atoms with Crippen LogP contribution in [0, 0.1) is 0 Å². The standard InChI is InChI=1S/C14H16ClN3O2/c1-11(20-13-5-3-12(15)4-6-13)9-16-14(19)10-18-8-2-7-17-18/h2-8,11H,9-10H2,1H3,(H,16,19). The van der Waals surface area contributed by atoms with Gasteiger partial charge in [0.05, 0.1) is 6.54 Å². The predicted octanol–water partition coefficient (Wildman–Crippen LogP) is 2.12. The summed E-state index contributed by atoms with van der Waals surface area (Å²) in [6.07, 6.45) is 3.25. The van der Waals surface area contributed by atoms with Gasteiger partial charge in [0.1, 0.15) is 18.4 Å². The van der Waals surface area contributed by atoms with Crippen LogP contribution < -0.4 is 10.1 Å². The largest absolute Gasteiger partial charge is 0.489 e. The Kier molecular flexibility index (Phi) is 5.01. The highest BCUT2D eigenvalue weighted by Crippen LogP contribution is 2.16. The van der Waals surface area contributed by atoms with E-state index in [2.05, 4.69) is 10.4 Å². The number of aromatic nitrogens is 2. The fraction of sp³-hybridized carbons (Fsp3) is 0.286. The van der Waals surface area contributed by atoms with E-state index < -0.39 is 0 Å². The molecular weight excluding hydrogens is 278 g/mol. The van der Waals surface area contributed by atoms with Crippen molar-refractivity contribution in [2.45, 2.75) is 19.6 Å². The maximum absolute atomic E-state index is 11.7. The molecule has 6 heteroatoms. The first-order chi connectivity index (χ1) is 9.63. The molecule has 0 aliphatic heterocycles. The van der Waals surface area contributed by atoms with Crippen molar-refractivity contribution in [2.75, 3.05) is 6.54 Å². The molecule has 20 heavy (non-hydrogen) atoms. The van der Waals surface area contributed by atoms with Gasteiger partial charge in [0.15, 0.2) is 0 Å². The van der Waals surface area contributed by atoms with Gasteiger partial charge in [-0.1, -0.05) is 11.6 Å². The minimum atomic E-state index is -0.127. The number of nitrogens with zero attached hydrogens (tertiary/aromatic N) is 2. The van der Waals surface area contributed by atoms with Crippen molar-refractivity contribution in [3.63, 3.8) is 0 Å². The van der Waals surface area contributed by atoms with Crippen molar-refractivity contribution in [3.8, 4) is 5.75 Å². The highest BCUT2D eigenvalue weighted by molar-refractivity contribution is 6.30.